The van der Waals surface area contributed by atoms with Crippen molar-refractivity contribution in [1.82, 2.24) is 0 Å². The van der Waals surface area contributed by atoms with Crippen molar-refractivity contribution in [2.45, 2.75) is 12.5 Å². The Kier molecular flexibility index (Phi) is 5.28. The number of urea groups is 1. The summed E-state index contributed by atoms with van der Waals surface area (Å²) in [5.41, 5.74) is -2.43. The molecule has 0 fully saturated rings. The summed E-state index contributed by atoms with van der Waals surface area (Å²) in [4.78, 5) is 11.8. The number of para-hydroxylation sites is 2. The summed E-state index contributed by atoms with van der Waals surface area (Å²) in [6.07, 6.45) is -9.80. The van der Waals surface area contributed by atoms with Crippen molar-refractivity contribution in [3.05, 3.63) is 53.8 Å². The van der Waals surface area contributed by atoms with E-state index in [2.05, 4.69) is 4.74 Å². The van der Waals surface area contributed by atoms with Crippen molar-refractivity contribution in [2.75, 3.05) is 10.6 Å². The van der Waals surface area contributed by atoms with Gasteiger partial charge in [0, 0.05) is 0 Å². The average Bonchev–Trinajstić information content (AvgIpc) is 2.49. The van der Waals surface area contributed by atoms with Gasteiger partial charge in [-0.1, -0.05) is 12.1 Å². The summed E-state index contributed by atoms with van der Waals surface area (Å²) >= 11 is 0. The first kappa shape index (κ1) is 19.3. The molecule has 0 saturated heterocycles. The van der Waals surface area contributed by atoms with Gasteiger partial charge in [-0.15, -0.1) is 13.2 Å². The Balaban J connectivity index is 2.18. The second-order valence-corrected chi connectivity index (χ2v) is 4.82. The van der Waals surface area contributed by atoms with Gasteiger partial charge in [0.15, 0.2) is 5.75 Å². The van der Waals surface area contributed by atoms with Crippen molar-refractivity contribution < 1.29 is 40.3 Å². The van der Waals surface area contributed by atoms with Gasteiger partial charge >= 0.3 is 18.6 Å². The summed E-state index contributed by atoms with van der Waals surface area (Å²) < 4.78 is 92.1. The van der Waals surface area contributed by atoms with Gasteiger partial charge in [-0.25, -0.2) is 9.18 Å². The summed E-state index contributed by atoms with van der Waals surface area (Å²) in [7, 11) is 0. The van der Waals surface area contributed by atoms with E-state index < -0.39 is 47.1 Å². The molecule has 0 spiro atoms. The molecular formula is C15H9F7N2O2. The minimum Gasteiger partial charge on any atom is -0.404 e. The molecule has 0 aliphatic heterocycles. The van der Waals surface area contributed by atoms with Crippen molar-refractivity contribution >= 4 is 17.4 Å². The van der Waals surface area contributed by atoms with Crippen LogP contribution in [0.25, 0.3) is 0 Å². The van der Waals surface area contributed by atoms with Crippen LogP contribution in [0.2, 0.25) is 0 Å². The fourth-order valence-corrected chi connectivity index (χ4v) is 1.86. The molecule has 0 aliphatic carbocycles. The fraction of sp³-hybridized carbons (Fsp3) is 0.133. The maximum atomic E-state index is 13.6. The summed E-state index contributed by atoms with van der Waals surface area (Å²) in [6, 6.07) is 4.52. The monoisotopic (exact) mass is 382 g/mol. The number of nitrogens with one attached hydrogen (secondary N) is 2. The van der Waals surface area contributed by atoms with Gasteiger partial charge in [0.1, 0.15) is 5.82 Å². The van der Waals surface area contributed by atoms with E-state index in [9.17, 15) is 35.5 Å². The SMILES string of the molecule is O=C(Nc1cc(C(F)(F)F)ccc1F)Nc1ccccc1OC(F)(F)F. The highest BCUT2D eigenvalue weighted by molar-refractivity contribution is 6.00. The number of benzene rings is 2. The topological polar surface area (TPSA) is 50.4 Å². The minimum atomic E-state index is -5.03. The van der Waals surface area contributed by atoms with Gasteiger partial charge in [0.05, 0.1) is 16.9 Å². The van der Waals surface area contributed by atoms with Gasteiger partial charge in [-0.05, 0) is 30.3 Å². The first-order valence-corrected chi connectivity index (χ1v) is 6.75. The largest absolute Gasteiger partial charge is 0.573 e. The van der Waals surface area contributed by atoms with Crippen LogP contribution < -0.4 is 15.4 Å². The third-order valence-electron chi connectivity index (χ3n) is 2.90. The molecule has 2 rings (SSSR count). The summed E-state index contributed by atoms with van der Waals surface area (Å²) in [5.74, 6) is -1.91. The van der Waals surface area contributed by atoms with Crippen LogP contribution in [0.4, 0.5) is 46.9 Å². The Bertz CT molecular complexity index is 803. The lowest BCUT2D eigenvalue weighted by atomic mass is 10.2. The lowest BCUT2D eigenvalue weighted by Gasteiger charge is -2.15. The molecule has 26 heavy (non-hydrogen) atoms. The number of hydrogen-bond acceptors (Lipinski definition) is 2. The normalized spacial score (nSPS) is 11.8. The van der Waals surface area contributed by atoms with Gasteiger partial charge in [0.2, 0.25) is 0 Å². The highest BCUT2D eigenvalue weighted by Crippen LogP contribution is 2.32. The Labute approximate surface area is 141 Å². The number of carbonyl (C=O) groups excluding carboxylic acids is 1. The van der Waals surface area contributed by atoms with Crippen LogP contribution in [0.3, 0.4) is 0 Å². The van der Waals surface area contributed by atoms with E-state index in [0.29, 0.717) is 18.2 Å². The predicted molar refractivity (Wildman–Crippen MR) is 77.2 cm³/mol. The average molecular weight is 382 g/mol. The molecule has 0 aromatic heterocycles. The second-order valence-electron chi connectivity index (χ2n) is 4.82. The lowest BCUT2D eigenvalue weighted by Crippen LogP contribution is -2.23. The number of carbonyl (C=O) groups is 1. The second kappa shape index (κ2) is 7.10. The molecule has 0 radical (unpaired) electrons. The highest BCUT2D eigenvalue weighted by Gasteiger charge is 2.33. The first-order valence-electron chi connectivity index (χ1n) is 6.75. The van der Waals surface area contributed by atoms with E-state index in [0.717, 1.165) is 12.1 Å². The standard InChI is InChI=1S/C15H9F7N2O2/c16-9-6-5-8(14(17,18)19)7-11(9)24-13(25)23-10-3-1-2-4-12(10)26-15(20,21)22/h1-7H,(H2,23,24,25). The maximum Gasteiger partial charge on any atom is 0.573 e. The van der Waals surface area contributed by atoms with Gasteiger partial charge in [-0.2, -0.15) is 13.2 Å². The van der Waals surface area contributed by atoms with Gasteiger partial charge < -0.3 is 15.4 Å². The molecule has 0 bridgehead atoms. The third-order valence-corrected chi connectivity index (χ3v) is 2.90. The van der Waals surface area contributed by atoms with Crippen molar-refractivity contribution in [1.29, 1.82) is 0 Å². The van der Waals surface area contributed by atoms with Gasteiger partial charge in [0.25, 0.3) is 0 Å². The van der Waals surface area contributed by atoms with Crippen LogP contribution >= 0.6 is 0 Å². The number of anilines is 2. The molecule has 4 nitrogen and oxygen atoms in total. The highest BCUT2D eigenvalue weighted by atomic mass is 19.4. The molecule has 140 valence electrons. The number of rotatable bonds is 3. The number of amides is 2. The third kappa shape index (κ3) is 5.26. The van der Waals surface area contributed by atoms with Crippen molar-refractivity contribution in [3.63, 3.8) is 0 Å². The van der Waals surface area contributed by atoms with Crippen LogP contribution in [0.1, 0.15) is 5.56 Å². The number of ether oxygens (including phenoxy) is 1. The van der Waals surface area contributed by atoms with E-state index in [4.69, 9.17) is 0 Å². The molecule has 0 atom stereocenters. The fourth-order valence-electron chi connectivity index (χ4n) is 1.86. The van der Waals surface area contributed by atoms with E-state index >= 15 is 0 Å². The van der Waals surface area contributed by atoms with E-state index in [-0.39, 0.29) is 0 Å². The number of halogens is 7. The Hall–Kier alpha value is -2.98. The van der Waals surface area contributed by atoms with E-state index in [1.807, 2.05) is 5.32 Å². The quantitative estimate of drug-likeness (QED) is 0.700. The molecule has 2 aromatic rings. The van der Waals surface area contributed by atoms with Gasteiger partial charge in [-0.3, -0.25) is 0 Å². The smallest absolute Gasteiger partial charge is 0.404 e. The molecule has 0 saturated carbocycles. The molecule has 2 aromatic carbocycles. The van der Waals surface area contributed by atoms with Crippen molar-refractivity contribution in [3.8, 4) is 5.75 Å². The molecule has 2 amide bonds. The van der Waals surface area contributed by atoms with Crippen LogP contribution in [-0.4, -0.2) is 12.4 Å². The zero-order valence-electron chi connectivity index (χ0n) is 12.5. The Morgan fingerprint density at radius 1 is 0.885 bits per heavy atom. The van der Waals surface area contributed by atoms with Crippen LogP contribution in [0, 0.1) is 5.82 Å². The molecule has 2 N–H and O–H groups in total. The minimum absolute atomic E-state index is 0.354. The maximum absolute atomic E-state index is 13.6. The molecule has 11 heteroatoms. The molecule has 0 aliphatic rings. The lowest BCUT2D eigenvalue weighted by molar-refractivity contribution is -0.274. The van der Waals surface area contributed by atoms with Crippen LogP contribution in [0.15, 0.2) is 42.5 Å². The Morgan fingerprint density at radius 2 is 1.50 bits per heavy atom. The summed E-state index contributed by atoms with van der Waals surface area (Å²) in [5, 5.41) is 3.74. The summed E-state index contributed by atoms with van der Waals surface area (Å²) in [6.45, 7) is 0. The first-order chi connectivity index (χ1) is 12.0. The predicted octanol–water partition coefficient (Wildman–Crippen LogP) is 5.39. The molecule has 0 heterocycles. The van der Waals surface area contributed by atoms with Crippen molar-refractivity contribution in [2.24, 2.45) is 0 Å². The molecular weight excluding hydrogens is 373 g/mol. The zero-order chi connectivity index (χ0) is 19.5. The molecule has 0 unspecified atom stereocenters. The number of hydrogen-bond donors (Lipinski definition) is 2. The van der Waals surface area contributed by atoms with Crippen LogP contribution in [0.5, 0.6) is 5.75 Å². The number of alkyl halides is 6. The van der Waals surface area contributed by atoms with E-state index in [1.165, 1.54) is 12.1 Å². The Morgan fingerprint density at radius 3 is 2.12 bits per heavy atom. The zero-order valence-corrected chi connectivity index (χ0v) is 12.5. The van der Waals surface area contributed by atoms with Crippen LogP contribution in [-0.2, 0) is 6.18 Å². The van der Waals surface area contributed by atoms with E-state index in [1.54, 1.807) is 5.32 Å².